The summed E-state index contributed by atoms with van der Waals surface area (Å²) in [6.45, 7) is 3.39. The van der Waals surface area contributed by atoms with Crippen LogP contribution in [0.2, 0.25) is 0 Å². The molecule has 7 nitrogen and oxygen atoms in total. The Kier molecular flexibility index (Phi) is 5.36. The van der Waals surface area contributed by atoms with Gasteiger partial charge in [0.05, 0.1) is 7.11 Å². The highest BCUT2D eigenvalue weighted by molar-refractivity contribution is 7.89. The Morgan fingerprint density at radius 2 is 1.87 bits per heavy atom. The Morgan fingerprint density at radius 3 is 2.53 bits per heavy atom. The van der Waals surface area contributed by atoms with E-state index in [9.17, 15) is 8.42 Å². The molecule has 0 aliphatic carbocycles. The van der Waals surface area contributed by atoms with Crippen LogP contribution in [0.15, 0.2) is 64.1 Å². The number of hydrogen-bond acceptors (Lipinski definition) is 5. The van der Waals surface area contributed by atoms with Crippen LogP contribution in [0.1, 0.15) is 28.5 Å². The molecule has 30 heavy (non-hydrogen) atoms. The first-order valence-corrected chi connectivity index (χ1v) is 11.0. The van der Waals surface area contributed by atoms with Crippen LogP contribution in [0.5, 0.6) is 5.75 Å². The van der Waals surface area contributed by atoms with Gasteiger partial charge in [0.1, 0.15) is 16.3 Å². The SMILES string of the molecule is COc1ccc(C(CNS(=O)(=O)c2c(C)noc2C)c2c[nH]c3ccccc23)cc1. The maximum atomic E-state index is 13.0. The number of aromatic amines is 1. The highest BCUT2D eigenvalue weighted by Crippen LogP contribution is 2.32. The number of aryl methyl sites for hydroxylation is 2. The average Bonchev–Trinajstić information content (AvgIpc) is 3.32. The van der Waals surface area contributed by atoms with Crippen LogP contribution in [0.4, 0.5) is 0 Å². The molecule has 4 rings (SSSR count). The number of benzene rings is 2. The zero-order valence-corrected chi connectivity index (χ0v) is 17.8. The number of nitrogens with one attached hydrogen (secondary N) is 2. The molecule has 0 radical (unpaired) electrons. The van der Waals surface area contributed by atoms with E-state index in [4.69, 9.17) is 9.26 Å². The van der Waals surface area contributed by atoms with Crippen molar-refractivity contribution >= 4 is 20.9 Å². The molecular weight excluding hydrogens is 402 g/mol. The van der Waals surface area contributed by atoms with Gasteiger partial charge in [0.15, 0.2) is 5.76 Å². The molecule has 2 heterocycles. The van der Waals surface area contributed by atoms with Crippen LogP contribution in [-0.2, 0) is 10.0 Å². The van der Waals surface area contributed by atoms with Crippen LogP contribution in [0.3, 0.4) is 0 Å². The van der Waals surface area contributed by atoms with Crippen LogP contribution in [0, 0.1) is 13.8 Å². The van der Waals surface area contributed by atoms with Gasteiger partial charge in [0, 0.05) is 29.6 Å². The van der Waals surface area contributed by atoms with Gasteiger partial charge in [-0.2, -0.15) is 0 Å². The molecule has 1 unspecified atom stereocenters. The molecule has 0 amide bonds. The van der Waals surface area contributed by atoms with E-state index in [1.807, 2.05) is 54.7 Å². The number of aromatic nitrogens is 2. The summed E-state index contributed by atoms with van der Waals surface area (Å²) in [6, 6.07) is 15.6. The second-order valence-corrected chi connectivity index (χ2v) is 8.82. The molecule has 2 N–H and O–H groups in total. The number of methoxy groups -OCH3 is 1. The molecule has 2 aromatic heterocycles. The van der Waals surface area contributed by atoms with Crippen LogP contribution < -0.4 is 9.46 Å². The van der Waals surface area contributed by atoms with Gasteiger partial charge in [-0.25, -0.2) is 13.1 Å². The van der Waals surface area contributed by atoms with Crippen molar-refractivity contribution in [2.24, 2.45) is 0 Å². The zero-order chi connectivity index (χ0) is 21.3. The molecule has 0 saturated carbocycles. The standard InChI is InChI=1S/C22H23N3O4S/c1-14-22(15(2)29-25-14)30(26,27)24-13-19(16-8-10-17(28-3)11-9-16)20-12-23-21-7-5-4-6-18(20)21/h4-12,19,23-24H,13H2,1-3H3. The van der Waals surface area contributed by atoms with Gasteiger partial charge in [-0.15, -0.1) is 0 Å². The summed E-state index contributed by atoms with van der Waals surface area (Å²) in [6.07, 6.45) is 1.93. The summed E-state index contributed by atoms with van der Waals surface area (Å²) >= 11 is 0. The summed E-state index contributed by atoms with van der Waals surface area (Å²) in [5, 5.41) is 4.82. The third kappa shape index (κ3) is 3.71. The molecule has 0 fully saturated rings. The van der Waals surface area contributed by atoms with Crippen molar-refractivity contribution < 1.29 is 17.7 Å². The van der Waals surface area contributed by atoms with Crippen molar-refractivity contribution in [1.29, 1.82) is 0 Å². The summed E-state index contributed by atoms with van der Waals surface area (Å²) in [4.78, 5) is 3.37. The lowest BCUT2D eigenvalue weighted by Gasteiger charge is -2.18. The van der Waals surface area contributed by atoms with Crippen molar-refractivity contribution in [3.63, 3.8) is 0 Å². The Hall–Kier alpha value is -3.10. The van der Waals surface area contributed by atoms with Gasteiger partial charge >= 0.3 is 0 Å². The lowest BCUT2D eigenvalue weighted by Crippen LogP contribution is -2.29. The van der Waals surface area contributed by atoms with E-state index in [0.717, 1.165) is 27.8 Å². The van der Waals surface area contributed by atoms with E-state index in [2.05, 4.69) is 14.9 Å². The molecule has 8 heteroatoms. The Bertz CT molecular complexity index is 1250. The molecule has 0 saturated heterocycles. The molecule has 0 spiro atoms. The summed E-state index contributed by atoms with van der Waals surface area (Å²) in [5.41, 5.74) is 3.33. The lowest BCUT2D eigenvalue weighted by atomic mass is 9.91. The molecule has 4 aromatic rings. The predicted octanol–water partition coefficient (Wildman–Crippen LogP) is 3.89. The number of rotatable bonds is 7. The fraction of sp³-hybridized carbons (Fsp3) is 0.227. The summed E-state index contributed by atoms with van der Waals surface area (Å²) in [7, 11) is -2.16. The Labute approximate surface area is 175 Å². The number of sulfonamides is 1. The molecule has 2 aromatic carbocycles. The number of para-hydroxylation sites is 1. The first-order chi connectivity index (χ1) is 14.4. The number of H-pyrrole nitrogens is 1. The molecule has 0 aliphatic rings. The summed E-state index contributed by atoms with van der Waals surface area (Å²) < 4.78 is 39.0. The van der Waals surface area contributed by atoms with Gasteiger partial charge < -0.3 is 14.2 Å². The average molecular weight is 426 g/mol. The third-order valence-electron chi connectivity index (χ3n) is 5.23. The topological polar surface area (TPSA) is 97.2 Å². The largest absolute Gasteiger partial charge is 0.497 e. The van der Waals surface area contributed by atoms with E-state index in [1.54, 1.807) is 21.0 Å². The van der Waals surface area contributed by atoms with Crippen molar-refractivity contribution in [2.75, 3.05) is 13.7 Å². The number of nitrogens with zero attached hydrogens (tertiary/aromatic N) is 1. The maximum absolute atomic E-state index is 13.0. The Balaban J connectivity index is 1.72. The number of hydrogen-bond donors (Lipinski definition) is 2. The molecule has 156 valence electrons. The van der Waals surface area contributed by atoms with E-state index in [0.29, 0.717) is 5.69 Å². The van der Waals surface area contributed by atoms with E-state index in [1.165, 1.54) is 0 Å². The van der Waals surface area contributed by atoms with Crippen molar-refractivity contribution in [3.05, 3.63) is 77.3 Å². The zero-order valence-electron chi connectivity index (χ0n) is 17.0. The first-order valence-electron chi connectivity index (χ1n) is 9.53. The molecular formula is C22H23N3O4S. The minimum atomic E-state index is -3.78. The fourth-order valence-corrected chi connectivity index (χ4v) is 5.12. The quantitative estimate of drug-likeness (QED) is 0.468. The lowest BCUT2D eigenvalue weighted by molar-refractivity contribution is 0.390. The van der Waals surface area contributed by atoms with Crippen molar-refractivity contribution in [3.8, 4) is 5.75 Å². The van der Waals surface area contributed by atoms with Gasteiger partial charge in [0.2, 0.25) is 10.0 Å². The van der Waals surface area contributed by atoms with Crippen LogP contribution in [0.25, 0.3) is 10.9 Å². The minimum Gasteiger partial charge on any atom is -0.497 e. The third-order valence-corrected chi connectivity index (χ3v) is 6.90. The second-order valence-electron chi connectivity index (χ2n) is 7.12. The van der Waals surface area contributed by atoms with Crippen molar-refractivity contribution in [2.45, 2.75) is 24.7 Å². The van der Waals surface area contributed by atoms with Crippen molar-refractivity contribution in [1.82, 2.24) is 14.9 Å². The fourth-order valence-electron chi connectivity index (χ4n) is 3.75. The number of fused-ring (bicyclic) bond motifs is 1. The van der Waals surface area contributed by atoms with E-state index >= 15 is 0 Å². The van der Waals surface area contributed by atoms with Crippen LogP contribution >= 0.6 is 0 Å². The minimum absolute atomic E-state index is 0.0925. The molecule has 0 bridgehead atoms. The molecule has 1 atom stereocenters. The van der Waals surface area contributed by atoms with Crippen LogP contribution in [-0.4, -0.2) is 32.2 Å². The summed E-state index contributed by atoms with van der Waals surface area (Å²) in [5.74, 6) is 0.808. The van der Waals surface area contributed by atoms with Gasteiger partial charge in [-0.05, 0) is 43.2 Å². The van der Waals surface area contributed by atoms with Gasteiger partial charge in [0.25, 0.3) is 0 Å². The van der Waals surface area contributed by atoms with E-state index < -0.39 is 10.0 Å². The van der Waals surface area contributed by atoms with Gasteiger partial charge in [-0.3, -0.25) is 0 Å². The van der Waals surface area contributed by atoms with E-state index in [-0.39, 0.29) is 23.1 Å². The normalized spacial score (nSPS) is 12.9. The maximum Gasteiger partial charge on any atom is 0.245 e. The predicted molar refractivity (Wildman–Crippen MR) is 114 cm³/mol. The highest BCUT2D eigenvalue weighted by atomic mass is 32.2. The Morgan fingerprint density at radius 1 is 1.13 bits per heavy atom. The van der Waals surface area contributed by atoms with Gasteiger partial charge in [-0.1, -0.05) is 35.5 Å². The monoisotopic (exact) mass is 425 g/mol. The number of ether oxygens (including phenoxy) is 1. The highest BCUT2D eigenvalue weighted by Gasteiger charge is 2.26. The second kappa shape index (κ2) is 7.97. The molecule has 0 aliphatic heterocycles. The first kappa shape index (κ1) is 20.2. The smallest absolute Gasteiger partial charge is 0.245 e.